The normalized spacial score (nSPS) is 17.0. The summed E-state index contributed by atoms with van der Waals surface area (Å²) in [5.41, 5.74) is 1.88. The largest absolute Gasteiger partial charge is 0.355 e. The number of benzene rings is 2. The molecular formula is C19H18Cl2N2O2. The van der Waals surface area contributed by atoms with E-state index in [1.165, 1.54) is 0 Å². The van der Waals surface area contributed by atoms with Crippen LogP contribution in [0.25, 0.3) is 0 Å². The van der Waals surface area contributed by atoms with Crippen LogP contribution in [0, 0.1) is 5.92 Å². The van der Waals surface area contributed by atoms with Gasteiger partial charge in [0.05, 0.1) is 5.92 Å². The number of hydrogen-bond donors (Lipinski definition) is 1. The second-order valence-corrected chi connectivity index (χ2v) is 6.92. The van der Waals surface area contributed by atoms with Gasteiger partial charge in [-0.3, -0.25) is 9.59 Å². The topological polar surface area (TPSA) is 49.4 Å². The molecule has 0 saturated carbocycles. The molecule has 0 spiro atoms. The predicted molar refractivity (Wildman–Crippen MR) is 100 cm³/mol. The van der Waals surface area contributed by atoms with Crippen molar-refractivity contribution in [2.75, 3.05) is 18.0 Å². The second-order valence-electron chi connectivity index (χ2n) is 6.05. The molecule has 2 aromatic rings. The van der Waals surface area contributed by atoms with Crippen molar-refractivity contribution in [2.24, 2.45) is 5.92 Å². The number of nitrogens with zero attached hydrogens (tertiary/aromatic N) is 1. The molecule has 0 aromatic heterocycles. The van der Waals surface area contributed by atoms with Crippen LogP contribution in [0.5, 0.6) is 0 Å². The van der Waals surface area contributed by atoms with Crippen LogP contribution < -0.4 is 10.2 Å². The average Bonchev–Trinajstić information content (AvgIpc) is 2.99. The Kier molecular flexibility index (Phi) is 5.61. The van der Waals surface area contributed by atoms with E-state index in [1.807, 2.05) is 24.3 Å². The smallest absolute Gasteiger partial charge is 0.227 e. The third-order valence-electron chi connectivity index (χ3n) is 4.26. The van der Waals surface area contributed by atoms with E-state index in [-0.39, 0.29) is 24.2 Å². The molecule has 1 aliphatic rings. The van der Waals surface area contributed by atoms with Gasteiger partial charge in [0.1, 0.15) is 0 Å². The van der Waals surface area contributed by atoms with E-state index in [2.05, 4.69) is 5.32 Å². The second kappa shape index (κ2) is 7.89. The molecule has 1 aliphatic heterocycles. The number of carbonyl (C=O) groups is 2. The maximum Gasteiger partial charge on any atom is 0.227 e. The fourth-order valence-corrected chi connectivity index (χ4v) is 3.13. The molecule has 25 heavy (non-hydrogen) atoms. The van der Waals surface area contributed by atoms with E-state index in [9.17, 15) is 9.59 Å². The molecule has 2 amide bonds. The highest BCUT2D eigenvalue weighted by atomic mass is 35.5. The summed E-state index contributed by atoms with van der Waals surface area (Å²) in [5.74, 6) is -0.452. The SMILES string of the molecule is O=C(NCCc1ccc(Cl)cc1)[C@@H]1CC(=O)N(c2ccc(Cl)cc2)C1. The van der Waals surface area contributed by atoms with Gasteiger partial charge < -0.3 is 10.2 Å². The molecule has 0 radical (unpaired) electrons. The van der Waals surface area contributed by atoms with Crippen molar-refractivity contribution < 1.29 is 9.59 Å². The minimum atomic E-state index is -0.326. The van der Waals surface area contributed by atoms with Gasteiger partial charge >= 0.3 is 0 Å². The lowest BCUT2D eigenvalue weighted by Crippen LogP contribution is -2.34. The highest BCUT2D eigenvalue weighted by molar-refractivity contribution is 6.30. The third-order valence-corrected chi connectivity index (χ3v) is 4.76. The average molecular weight is 377 g/mol. The molecule has 1 heterocycles. The van der Waals surface area contributed by atoms with Crippen LogP contribution in [0.3, 0.4) is 0 Å². The molecule has 2 aromatic carbocycles. The van der Waals surface area contributed by atoms with Gasteiger partial charge in [0, 0.05) is 35.2 Å². The van der Waals surface area contributed by atoms with Crippen LogP contribution in [0.15, 0.2) is 48.5 Å². The number of carbonyl (C=O) groups excluding carboxylic acids is 2. The molecular weight excluding hydrogens is 359 g/mol. The zero-order chi connectivity index (χ0) is 17.8. The molecule has 1 saturated heterocycles. The summed E-state index contributed by atoms with van der Waals surface area (Å²) in [4.78, 5) is 26.2. The lowest BCUT2D eigenvalue weighted by Gasteiger charge is -2.16. The maximum atomic E-state index is 12.3. The van der Waals surface area contributed by atoms with E-state index < -0.39 is 0 Å². The maximum absolute atomic E-state index is 12.3. The van der Waals surface area contributed by atoms with E-state index in [0.29, 0.717) is 23.1 Å². The van der Waals surface area contributed by atoms with Crippen molar-refractivity contribution >= 4 is 40.7 Å². The minimum Gasteiger partial charge on any atom is -0.355 e. The summed E-state index contributed by atoms with van der Waals surface area (Å²) in [6, 6.07) is 14.6. The highest BCUT2D eigenvalue weighted by Gasteiger charge is 2.34. The van der Waals surface area contributed by atoms with Crippen LogP contribution in [-0.4, -0.2) is 24.9 Å². The van der Waals surface area contributed by atoms with E-state index in [1.54, 1.807) is 29.2 Å². The predicted octanol–water partition coefficient (Wildman–Crippen LogP) is 3.71. The number of halogens is 2. The van der Waals surface area contributed by atoms with Gasteiger partial charge in [-0.25, -0.2) is 0 Å². The Balaban J connectivity index is 1.52. The minimum absolute atomic E-state index is 0.0415. The third kappa shape index (κ3) is 4.53. The summed E-state index contributed by atoms with van der Waals surface area (Å²) < 4.78 is 0. The number of nitrogens with one attached hydrogen (secondary N) is 1. The molecule has 0 bridgehead atoms. The zero-order valence-electron chi connectivity index (χ0n) is 13.5. The first-order valence-electron chi connectivity index (χ1n) is 8.11. The fourth-order valence-electron chi connectivity index (χ4n) is 2.88. The lowest BCUT2D eigenvalue weighted by atomic mass is 10.1. The number of rotatable bonds is 5. The van der Waals surface area contributed by atoms with E-state index >= 15 is 0 Å². The summed E-state index contributed by atoms with van der Waals surface area (Å²) in [6.45, 7) is 0.930. The van der Waals surface area contributed by atoms with Crippen LogP contribution in [0.4, 0.5) is 5.69 Å². The molecule has 3 rings (SSSR count). The Labute approximate surface area is 156 Å². The van der Waals surface area contributed by atoms with Crippen molar-refractivity contribution in [3.05, 3.63) is 64.1 Å². The molecule has 4 nitrogen and oxygen atoms in total. The zero-order valence-corrected chi connectivity index (χ0v) is 15.1. The molecule has 1 N–H and O–H groups in total. The van der Waals surface area contributed by atoms with Crippen LogP contribution in [0.1, 0.15) is 12.0 Å². The Morgan fingerprint density at radius 2 is 1.64 bits per heavy atom. The molecule has 130 valence electrons. The van der Waals surface area contributed by atoms with Gasteiger partial charge in [-0.2, -0.15) is 0 Å². The summed E-state index contributed by atoms with van der Waals surface area (Å²) in [6.07, 6.45) is 0.958. The van der Waals surface area contributed by atoms with Gasteiger partial charge in [0.2, 0.25) is 11.8 Å². The first-order chi connectivity index (χ1) is 12.0. The Morgan fingerprint density at radius 3 is 2.28 bits per heavy atom. The van der Waals surface area contributed by atoms with Crippen LogP contribution >= 0.6 is 23.2 Å². The van der Waals surface area contributed by atoms with Gasteiger partial charge in [-0.15, -0.1) is 0 Å². The Bertz CT molecular complexity index is 760. The van der Waals surface area contributed by atoms with Crippen LogP contribution in [0.2, 0.25) is 10.0 Å². The lowest BCUT2D eigenvalue weighted by molar-refractivity contribution is -0.126. The van der Waals surface area contributed by atoms with Crippen molar-refractivity contribution in [1.82, 2.24) is 5.32 Å². The van der Waals surface area contributed by atoms with Gasteiger partial charge in [0.15, 0.2) is 0 Å². The quantitative estimate of drug-likeness (QED) is 0.864. The van der Waals surface area contributed by atoms with Gasteiger partial charge in [0.25, 0.3) is 0 Å². The van der Waals surface area contributed by atoms with E-state index in [0.717, 1.165) is 17.7 Å². The summed E-state index contributed by atoms with van der Waals surface area (Å²) in [7, 11) is 0. The molecule has 6 heteroatoms. The van der Waals surface area contributed by atoms with Crippen molar-refractivity contribution in [3.8, 4) is 0 Å². The molecule has 1 atom stereocenters. The number of amides is 2. The standard InChI is InChI=1S/C19H18Cl2N2O2/c20-15-3-1-13(2-4-15)9-10-22-19(25)14-11-18(24)23(12-14)17-7-5-16(21)6-8-17/h1-8,14H,9-12H2,(H,22,25)/t14-/m1/s1. The summed E-state index contributed by atoms with van der Waals surface area (Å²) in [5, 5.41) is 4.23. The van der Waals surface area contributed by atoms with Gasteiger partial charge in [-0.1, -0.05) is 35.3 Å². The van der Waals surface area contributed by atoms with Crippen molar-refractivity contribution in [1.29, 1.82) is 0 Å². The number of anilines is 1. The van der Waals surface area contributed by atoms with Gasteiger partial charge in [-0.05, 0) is 48.4 Å². The first kappa shape index (κ1) is 17.8. The van der Waals surface area contributed by atoms with E-state index in [4.69, 9.17) is 23.2 Å². The van der Waals surface area contributed by atoms with Crippen molar-refractivity contribution in [2.45, 2.75) is 12.8 Å². The summed E-state index contributed by atoms with van der Waals surface area (Å²) >= 11 is 11.7. The molecule has 0 unspecified atom stereocenters. The molecule has 1 fully saturated rings. The Morgan fingerprint density at radius 1 is 1.04 bits per heavy atom. The number of hydrogen-bond acceptors (Lipinski definition) is 2. The van der Waals surface area contributed by atoms with Crippen LogP contribution in [-0.2, 0) is 16.0 Å². The van der Waals surface area contributed by atoms with Crippen molar-refractivity contribution in [3.63, 3.8) is 0 Å². The molecule has 0 aliphatic carbocycles. The monoisotopic (exact) mass is 376 g/mol. The first-order valence-corrected chi connectivity index (χ1v) is 8.86. The fraction of sp³-hybridized carbons (Fsp3) is 0.263. The highest BCUT2D eigenvalue weighted by Crippen LogP contribution is 2.26. The Hall–Kier alpha value is -2.04.